The summed E-state index contributed by atoms with van der Waals surface area (Å²) in [6.07, 6.45) is 0.947. The van der Waals surface area contributed by atoms with Crippen molar-refractivity contribution in [2.75, 3.05) is 6.26 Å². The van der Waals surface area contributed by atoms with Crippen LogP contribution in [0.25, 0.3) is 0 Å². The third-order valence-electron chi connectivity index (χ3n) is 2.26. The predicted octanol–water partition coefficient (Wildman–Crippen LogP) is -3.52. The molecule has 108 valence electrons. The molecular formula is C10H13NaO7S2. The molecule has 0 unspecified atom stereocenters. The molecule has 0 spiro atoms. The van der Waals surface area contributed by atoms with Crippen molar-refractivity contribution in [3.63, 3.8) is 0 Å². The molecule has 0 saturated carbocycles. The molecule has 0 radical (unpaired) electrons. The number of sulfone groups is 1. The first-order valence-corrected chi connectivity index (χ1v) is 8.71. The molecule has 0 aromatic heterocycles. The molecule has 7 nitrogen and oxygen atoms in total. The van der Waals surface area contributed by atoms with Crippen LogP contribution < -0.4 is 29.6 Å². The fourth-order valence-corrected chi connectivity index (χ4v) is 2.99. The van der Waals surface area contributed by atoms with Crippen LogP contribution in [-0.4, -0.2) is 37.9 Å². The van der Waals surface area contributed by atoms with Crippen molar-refractivity contribution in [1.82, 2.24) is 0 Å². The number of aliphatic hydroxyl groups excluding tert-OH is 1. The van der Waals surface area contributed by atoms with Crippen LogP contribution in [0, 0.1) is 0 Å². The maximum Gasteiger partial charge on any atom is 1.00 e. The fourth-order valence-electron chi connectivity index (χ4n) is 1.63. The molecule has 10 heteroatoms. The SMILES string of the molecule is CS(=O)(=O)Cc1cc(CS(=O)(=O)[O-])cc(CO)c1O.[Na+]. The third-order valence-corrected chi connectivity index (χ3v) is 3.78. The van der Waals surface area contributed by atoms with Gasteiger partial charge in [-0.3, -0.25) is 0 Å². The van der Waals surface area contributed by atoms with Gasteiger partial charge < -0.3 is 14.8 Å². The van der Waals surface area contributed by atoms with E-state index >= 15 is 0 Å². The Bertz CT molecular complexity index is 680. The second kappa shape index (κ2) is 7.21. The summed E-state index contributed by atoms with van der Waals surface area (Å²) in [5.41, 5.74) is -0.0528. The Hall–Kier alpha value is -0.160. The average Bonchev–Trinajstić information content (AvgIpc) is 2.18. The van der Waals surface area contributed by atoms with Gasteiger partial charge in [0.25, 0.3) is 0 Å². The van der Waals surface area contributed by atoms with Gasteiger partial charge in [0.15, 0.2) is 9.84 Å². The van der Waals surface area contributed by atoms with Crippen LogP contribution in [-0.2, 0) is 38.1 Å². The van der Waals surface area contributed by atoms with Crippen LogP contribution in [0.3, 0.4) is 0 Å². The Balaban J connectivity index is 0.00000361. The van der Waals surface area contributed by atoms with Gasteiger partial charge in [0, 0.05) is 17.4 Å². The van der Waals surface area contributed by atoms with Gasteiger partial charge in [0.1, 0.15) is 5.75 Å². The molecule has 20 heavy (non-hydrogen) atoms. The van der Waals surface area contributed by atoms with Crippen LogP contribution >= 0.6 is 0 Å². The van der Waals surface area contributed by atoms with Crippen molar-refractivity contribution >= 4 is 20.0 Å². The molecule has 0 saturated heterocycles. The van der Waals surface area contributed by atoms with Gasteiger partial charge in [-0.2, -0.15) is 0 Å². The maximum atomic E-state index is 11.2. The van der Waals surface area contributed by atoms with Gasteiger partial charge in [-0.15, -0.1) is 0 Å². The molecule has 0 fully saturated rings. The molecule has 2 N–H and O–H groups in total. The molecule has 0 aliphatic rings. The van der Waals surface area contributed by atoms with E-state index in [1.807, 2.05) is 0 Å². The van der Waals surface area contributed by atoms with E-state index in [1.54, 1.807) is 0 Å². The van der Waals surface area contributed by atoms with E-state index in [4.69, 9.17) is 5.11 Å². The van der Waals surface area contributed by atoms with Gasteiger partial charge >= 0.3 is 29.6 Å². The minimum absolute atomic E-state index is 0. The number of rotatable bonds is 5. The second-order valence-electron chi connectivity index (χ2n) is 4.19. The first-order valence-electron chi connectivity index (χ1n) is 5.07. The number of phenols is 1. The molecule has 0 bridgehead atoms. The fraction of sp³-hybridized carbons (Fsp3) is 0.400. The first-order chi connectivity index (χ1) is 8.52. The summed E-state index contributed by atoms with van der Waals surface area (Å²) in [5.74, 6) is -1.77. The normalized spacial score (nSPS) is 11.9. The van der Waals surface area contributed by atoms with Crippen molar-refractivity contribution < 1.29 is 61.2 Å². The summed E-state index contributed by atoms with van der Waals surface area (Å²) >= 11 is 0. The quantitative estimate of drug-likeness (QED) is 0.422. The molecular weight excluding hydrogens is 319 g/mol. The number of hydrogen-bond donors (Lipinski definition) is 2. The Kier molecular flexibility index (Phi) is 7.15. The maximum absolute atomic E-state index is 11.2. The minimum atomic E-state index is -4.54. The molecule has 0 atom stereocenters. The van der Waals surface area contributed by atoms with Gasteiger partial charge in [-0.05, 0) is 11.6 Å². The molecule has 0 amide bonds. The van der Waals surface area contributed by atoms with Crippen molar-refractivity contribution in [2.24, 2.45) is 0 Å². The zero-order valence-corrected chi connectivity index (χ0v) is 14.7. The average molecular weight is 332 g/mol. The summed E-state index contributed by atoms with van der Waals surface area (Å²) in [4.78, 5) is 0. The first kappa shape index (κ1) is 19.8. The number of hydrogen-bond acceptors (Lipinski definition) is 7. The van der Waals surface area contributed by atoms with Crippen LogP contribution in [0.2, 0.25) is 0 Å². The van der Waals surface area contributed by atoms with E-state index in [9.17, 15) is 26.5 Å². The molecule has 1 rings (SSSR count). The summed E-state index contributed by atoms with van der Waals surface area (Å²) in [6.45, 7) is -0.602. The standard InChI is InChI=1S/C10H14O7S2.Na/c1-18(13,14)6-9-3-7(5-19(15,16)17)2-8(4-11)10(9)12;/h2-3,11-12H,4-6H2,1H3,(H,15,16,17);/q;+1/p-1. The van der Waals surface area contributed by atoms with Gasteiger partial charge in [-0.25, -0.2) is 16.8 Å². The topological polar surface area (TPSA) is 132 Å². The van der Waals surface area contributed by atoms with E-state index in [-0.39, 0.29) is 46.2 Å². The monoisotopic (exact) mass is 332 g/mol. The van der Waals surface area contributed by atoms with E-state index in [0.29, 0.717) is 0 Å². The van der Waals surface area contributed by atoms with Crippen molar-refractivity contribution in [1.29, 1.82) is 0 Å². The third kappa shape index (κ3) is 6.53. The summed E-state index contributed by atoms with van der Waals surface area (Å²) < 4.78 is 54.4. The minimum Gasteiger partial charge on any atom is -0.748 e. The molecule has 1 aromatic rings. The smallest absolute Gasteiger partial charge is 0.748 e. The van der Waals surface area contributed by atoms with Crippen molar-refractivity contribution in [3.05, 3.63) is 28.8 Å². The summed E-state index contributed by atoms with van der Waals surface area (Å²) in [7, 11) is -7.99. The van der Waals surface area contributed by atoms with E-state index in [2.05, 4.69) is 0 Å². The van der Waals surface area contributed by atoms with Crippen LogP contribution in [0.4, 0.5) is 0 Å². The number of aromatic hydroxyl groups is 1. The molecule has 0 heterocycles. The largest absolute Gasteiger partial charge is 1.00 e. The van der Waals surface area contributed by atoms with Crippen molar-refractivity contribution in [2.45, 2.75) is 18.1 Å². The number of aliphatic hydroxyl groups is 1. The number of benzene rings is 1. The zero-order valence-electron chi connectivity index (χ0n) is 11.0. The Morgan fingerprint density at radius 2 is 1.60 bits per heavy atom. The van der Waals surface area contributed by atoms with Crippen LogP contribution in [0.1, 0.15) is 16.7 Å². The molecule has 0 aliphatic carbocycles. The van der Waals surface area contributed by atoms with E-state index < -0.39 is 43.8 Å². The van der Waals surface area contributed by atoms with E-state index in [0.717, 1.165) is 18.4 Å². The predicted molar refractivity (Wildman–Crippen MR) is 66.0 cm³/mol. The zero-order chi connectivity index (χ0) is 14.8. The van der Waals surface area contributed by atoms with Gasteiger partial charge in [0.2, 0.25) is 0 Å². The Labute approximate surface area is 139 Å². The van der Waals surface area contributed by atoms with Gasteiger partial charge in [-0.1, -0.05) is 6.07 Å². The van der Waals surface area contributed by atoms with Crippen LogP contribution in [0.5, 0.6) is 5.75 Å². The van der Waals surface area contributed by atoms with Crippen LogP contribution in [0.15, 0.2) is 12.1 Å². The van der Waals surface area contributed by atoms with Crippen molar-refractivity contribution in [3.8, 4) is 5.75 Å². The Morgan fingerprint density at radius 1 is 1.10 bits per heavy atom. The van der Waals surface area contributed by atoms with Gasteiger partial charge in [0.05, 0.1) is 28.2 Å². The molecule has 0 aliphatic heterocycles. The summed E-state index contributed by atoms with van der Waals surface area (Å²) in [5, 5.41) is 18.7. The second-order valence-corrected chi connectivity index (χ2v) is 7.74. The van der Waals surface area contributed by atoms with E-state index in [1.165, 1.54) is 0 Å². The molecule has 1 aromatic carbocycles. The summed E-state index contributed by atoms with van der Waals surface area (Å²) in [6, 6.07) is 2.28. The Morgan fingerprint density at radius 3 is 2.00 bits per heavy atom.